The van der Waals surface area contributed by atoms with Gasteiger partial charge >= 0.3 is 0 Å². The Kier molecular flexibility index (Phi) is 5.94. The monoisotopic (exact) mass is 171 g/mol. The molecule has 1 N–H and O–H groups in total. The van der Waals surface area contributed by atoms with Crippen molar-refractivity contribution in [1.29, 1.82) is 0 Å². The Balaban J connectivity index is 0. The van der Waals surface area contributed by atoms with E-state index in [4.69, 9.17) is 0 Å². The number of hydrogen-bond acceptors (Lipinski definition) is 1. The quantitative estimate of drug-likeness (QED) is 0.589. The minimum Gasteiger partial charge on any atom is -0.312 e. The molecule has 1 aliphatic heterocycles. The summed E-state index contributed by atoms with van der Waals surface area (Å²) in [6.07, 6.45) is 2.69. The third-order valence-electron chi connectivity index (χ3n) is 1.58. The van der Waals surface area contributed by atoms with E-state index >= 15 is 0 Å². The predicted octanol–water partition coefficient (Wildman–Crippen LogP) is 1.99. The lowest BCUT2D eigenvalue weighted by Crippen LogP contribution is -2.31. The van der Waals surface area contributed by atoms with Gasteiger partial charge in [0.2, 0.25) is 0 Å². The van der Waals surface area contributed by atoms with Crippen LogP contribution in [-0.4, -0.2) is 12.1 Å². The maximum Gasteiger partial charge on any atom is 0.0125 e. The Bertz CT molecular complexity index is 65.5. The van der Waals surface area contributed by atoms with Crippen molar-refractivity contribution < 1.29 is 0 Å². The van der Waals surface area contributed by atoms with Gasteiger partial charge in [-0.05, 0) is 33.2 Å². The zero-order valence-corrected chi connectivity index (χ0v) is 7.57. The summed E-state index contributed by atoms with van der Waals surface area (Å²) in [5.74, 6) is 0. The van der Waals surface area contributed by atoms with Crippen molar-refractivity contribution in [2.75, 3.05) is 6.54 Å². The Morgan fingerprint density at radius 1 is 1.22 bits per heavy atom. The van der Waals surface area contributed by atoms with Crippen molar-refractivity contribution in [2.45, 2.75) is 32.2 Å². The van der Waals surface area contributed by atoms with Gasteiger partial charge in [-0.25, -0.2) is 0 Å². The second-order valence-electron chi connectivity index (χ2n) is 2.91. The molecule has 0 aromatic carbocycles. The number of hydrogen-bond donors (Lipinski definition) is 1. The lowest BCUT2D eigenvalue weighted by molar-refractivity contribution is 0.460. The van der Waals surface area contributed by atoms with Crippen LogP contribution in [0.1, 0.15) is 26.7 Å². The first-order valence-corrected chi connectivity index (χ1v) is 2.96. The van der Waals surface area contributed by atoms with Gasteiger partial charge in [-0.3, -0.25) is 0 Å². The summed E-state index contributed by atoms with van der Waals surface area (Å²) in [6, 6.07) is 0. The molecule has 0 aromatic rings. The molecule has 0 saturated carbocycles. The van der Waals surface area contributed by atoms with Crippen LogP contribution in [0.15, 0.2) is 0 Å². The fourth-order valence-electron chi connectivity index (χ4n) is 1.05. The Labute approximate surface area is 69.4 Å². The lowest BCUT2D eigenvalue weighted by atomic mass is 10.0. The highest BCUT2D eigenvalue weighted by Gasteiger charge is 2.20. The highest BCUT2D eigenvalue weighted by atomic mass is 35.5. The van der Waals surface area contributed by atoms with Crippen LogP contribution in [0.2, 0.25) is 0 Å². The van der Waals surface area contributed by atoms with Crippen molar-refractivity contribution in [3.63, 3.8) is 0 Å². The normalized spacial score (nSPS) is 22.0. The molecular formula is C6H15Cl2N. The molecule has 0 radical (unpaired) electrons. The van der Waals surface area contributed by atoms with Crippen LogP contribution in [0, 0.1) is 0 Å². The van der Waals surface area contributed by atoms with Gasteiger partial charge in [0.1, 0.15) is 0 Å². The van der Waals surface area contributed by atoms with Crippen LogP contribution in [0.4, 0.5) is 0 Å². The molecule has 9 heavy (non-hydrogen) atoms. The van der Waals surface area contributed by atoms with Gasteiger partial charge in [0.15, 0.2) is 0 Å². The zero-order valence-electron chi connectivity index (χ0n) is 5.94. The van der Waals surface area contributed by atoms with Crippen LogP contribution in [0.5, 0.6) is 0 Å². The van der Waals surface area contributed by atoms with Gasteiger partial charge in [-0.2, -0.15) is 0 Å². The molecule has 0 bridgehead atoms. The first-order valence-electron chi connectivity index (χ1n) is 2.96. The molecular weight excluding hydrogens is 157 g/mol. The first-order chi connectivity index (χ1) is 3.21. The van der Waals surface area contributed by atoms with Gasteiger partial charge < -0.3 is 5.32 Å². The molecule has 1 saturated heterocycles. The van der Waals surface area contributed by atoms with Gasteiger partial charge in [-0.15, -0.1) is 24.8 Å². The highest BCUT2D eigenvalue weighted by Crippen LogP contribution is 2.15. The number of halogens is 2. The summed E-state index contributed by atoms with van der Waals surface area (Å²) in [5.41, 5.74) is 0.444. The predicted molar refractivity (Wildman–Crippen MR) is 45.8 cm³/mol. The molecule has 0 aliphatic carbocycles. The molecule has 1 aliphatic rings. The molecule has 0 unspecified atom stereocenters. The van der Waals surface area contributed by atoms with Gasteiger partial charge in [0, 0.05) is 5.54 Å². The molecule has 0 amide bonds. The van der Waals surface area contributed by atoms with Crippen LogP contribution in [0.25, 0.3) is 0 Å². The van der Waals surface area contributed by atoms with E-state index in [9.17, 15) is 0 Å². The third kappa shape index (κ3) is 4.01. The topological polar surface area (TPSA) is 12.0 Å². The highest BCUT2D eigenvalue weighted by molar-refractivity contribution is 5.85. The van der Waals surface area contributed by atoms with Crippen LogP contribution >= 0.6 is 24.8 Å². The fraction of sp³-hybridized carbons (Fsp3) is 1.00. The average Bonchev–Trinajstić information content (AvgIpc) is 1.84. The Morgan fingerprint density at radius 2 is 1.78 bits per heavy atom. The smallest absolute Gasteiger partial charge is 0.0125 e. The second kappa shape index (κ2) is 4.37. The van der Waals surface area contributed by atoms with E-state index in [2.05, 4.69) is 19.2 Å². The van der Waals surface area contributed by atoms with Crippen molar-refractivity contribution in [1.82, 2.24) is 5.32 Å². The molecule has 3 heteroatoms. The summed E-state index contributed by atoms with van der Waals surface area (Å²) in [7, 11) is 0. The van der Waals surface area contributed by atoms with Crippen LogP contribution in [-0.2, 0) is 0 Å². The third-order valence-corrected chi connectivity index (χ3v) is 1.58. The molecule has 1 fully saturated rings. The van der Waals surface area contributed by atoms with E-state index in [-0.39, 0.29) is 24.8 Å². The fourth-order valence-corrected chi connectivity index (χ4v) is 1.05. The summed E-state index contributed by atoms with van der Waals surface area (Å²) >= 11 is 0. The minimum absolute atomic E-state index is 0. The summed E-state index contributed by atoms with van der Waals surface area (Å²) in [5, 5.41) is 3.40. The lowest BCUT2D eigenvalue weighted by Gasteiger charge is -2.15. The summed E-state index contributed by atoms with van der Waals surface area (Å²) < 4.78 is 0. The molecule has 0 aromatic heterocycles. The molecule has 1 rings (SSSR count). The SMILES string of the molecule is CC1(C)CCCN1.Cl.Cl. The molecule has 1 heterocycles. The molecule has 0 atom stereocenters. The van der Waals surface area contributed by atoms with Gasteiger partial charge in [-0.1, -0.05) is 0 Å². The summed E-state index contributed by atoms with van der Waals surface area (Å²) in [4.78, 5) is 0. The Morgan fingerprint density at radius 3 is 1.89 bits per heavy atom. The van der Waals surface area contributed by atoms with E-state index < -0.39 is 0 Å². The van der Waals surface area contributed by atoms with Crippen LogP contribution in [0.3, 0.4) is 0 Å². The van der Waals surface area contributed by atoms with Crippen molar-refractivity contribution in [2.24, 2.45) is 0 Å². The second-order valence-corrected chi connectivity index (χ2v) is 2.91. The van der Waals surface area contributed by atoms with Gasteiger partial charge in [0.05, 0.1) is 0 Å². The van der Waals surface area contributed by atoms with E-state index in [1.54, 1.807) is 0 Å². The average molecular weight is 172 g/mol. The van der Waals surface area contributed by atoms with E-state index in [0.717, 1.165) is 0 Å². The van der Waals surface area contributed by atoms with Crippen molar-refractivity contribution in [3.05, 3.63) is 0 Å². The number of nitrogens with one attached hydrogen (secondary N) is 1. The largest absolute Gasteiger partial charge is 0.312 e. The first kappa shape index (κ1) is 12.2. The molecule has 1 nitrogen and oxygen atoms in total. The standard InChI is InChI=1S/C6H13N.2ClH/c1-6(2)4-3-5-7-6;;/h7H,3-5H2,1-2H3;2*1H. The van der Waals surface area contributed by atoms with E-state index in [1.165, 1.54) is 19.4 Å². The minimum atomic E-state index is 0. The number of rotatable bonds is 0. The van der Waals surface area contributed by atoms with Crippen LogP contribution < -0.4 is 5.32 Å². The van der Waals surface area contributed by atoms with Gasteiger partial charge in [0.25, 0.3) is 0 Å². The zero-order chi connectivity index (χ0) is 5.33. The van der Waals surface area contributed by atoms with E-state index in [0.29, 0.717) is 5.54 Å². The van der Waals surface area contributed by atoms with Crippen molar-refractivity contribution >= 4 is 24.8 Å². The van der Waals surface area contributed by atoms with E-state index in [1.807, 2.05) is 0 Å². The Hall–Kier alpha value is 0.540. The molecule has 58 valence electrons. The maximum absolute atomic E-state index is 3.40. The maximum atomic E-state index is 3.40. The van der Waals surface area contributed by atoms with Crippen molar-refractivity contribution in [3.8, 4) is 0 Å². The molecule has 0 spiro atoms. The summed E-state index contributed by atoms with van der Waals surface area (Å²) in [6.45, 7) is 5.72.